The van der Waals surface area contributed by atoms with Crippen LogP contribution in [0.1, 0.15) is 17.4 Å². The van der Waals surface area contributed by atoms with Crippen LogP contribution in [0.3, 0.4) is 0 Å². The third-order valence-electron chi connectivity index (χ3n) is 3.11. The highest BCUT2D eigenvalue weighted by Crippen LogP contribution is 2.26. The first kappa shape index (κ1) is 16.1. The molecule has 0 atom stereocenters. The van der Waals surface area contributed by atoms with Crippen molar-refractivity contribution in [3.8, 4) is 0 Å². The smallest absolute Gasteiger partial charge is 0.360 e. The quantitative estimate of drug-likeness (QED) is 0.507. The molecule has 2 aromatic heterocycles. The lowest BCUT2D eigenvalue weighted by Gasteiger charge is -2.00. The predicted molar refractivity (Wildman–Crippen MR) is 86.7 cm³/mol. The van der Waals surface area contributed by atoms with Crippen molar-refractivity contribution in [2.75, 3.05) is 6.61 Å². The van der Waals surface area contributed by atoms with Crippen LogP contribution in [-0.4, -0.2) is 22.0 Å². The van der Waals surface area contributed by atoms with Gasteiger partial charge in [-0.25, -0.2) is 14.2 Å². The van der Waals surface area contributed by atoms with Crippen LogP contribution in [0.25, 0.3) is 5.65 Å². The zero-order valence-electron chi connectivity index (χ0n) is 12.6. The number of hydrogen-bond acceptors (Lipinski definition) is 5. The van der Waals surface area contributed by atoms with E-state index in [1.807, 2.05) is 0 Å². The maximum Gasteiger partial charge on any atom is 0.360 e. The molecule has 0 unspecified atom stereocenters. The number of ether oxygens (including phenoxy) is 1. The predicted octanol–water partition coefficient (Wildman–Crippen LogP) is 4.72. The number of hydrogen-bond donors (Lipinski definition) is 0. The van der Waals surface area contributed by atoms with Crippen molar-refractivity contribution in [3.63, 3.8) is 0 Å². The number of rotatable bonds is 4. The minimum atomic E-state index is -0.647. The lowest BCUT2D eigenvalue weighted by Crippen LogP contribution is -2.05. The first-order valence-corrected chi connectivity index (χ1v) is 7.48. The molecule has 0 amide bonds. The van der Waals surface area contributed by atoms with Gasteiger partial charge in [-0.3, -0.25) is 4.40 Å². The van der Waals surface area contributed by atoms with E-state index < -0.39 is 11.8 Å². The van der Waals surface area contributed by atoms with Crippen molar-refractivity contribution in [2.24, 2.45) is 10.2 Å². The molecule has 6 nitrogen and oxygen atoms in total. The minimum Gasteiger partial charge on any atom is -0.461 e. The van der Waals surface area contributed by atoms with E-state index in [2.05, 4.69) is 15.2 Å². The second-order valence-corrected chi connectivity index (χ2v) is 5.19. The van der Waals surface area contributed by atoms with Gasteiger partial charge in [-0.15, -0.1) is 10.2 Å². The van der Waals surface area contributed by atoms with Gasteiger partial charge in [0.2, 0.25) is 0 Å². The summed E-state index contributed by atoms with van der Waals surface area (Å²) in [6.07, 6.45) is 1.18. The summed E-state index contributed by atoms with van der Waals surface area (Å²) in [6, 6.07) is 9.35. The Hall–Kier alpha value is -2.80. The lowest BCUT2D eigenvalue weighted by atomic mass is 10.3. The normalized spacial score (nSPS) is 11.3. The number of halogens is 2. The SMILES string of the molecule is CCOC(=O)c1nc2ccc(F)cn2c1N=Nc1ccc(Cl)cc1. The number of nitrogens with zero attached hydrogens (tertiary/aromatic N) is 4. The van der Waals surface area contributed by atoms with Gasteiger partial charge in [-0.2, -0.15) is 0 Å². The highest BCUT2D eigenvalue weighted by molar-refractivity contribution is 6.30. The molecule has 0 aliphatic heterocycles. The molecule has 0 fully saturated rings. The van der Waals surface area contributed by atoms with E-state index in [0.29, 0.717) is 16.4 Å². The van der Waals surface area contributed by atoms with Crippen LogP contribution in [-0.2, 0) is 4.74 Å². The van der Waals surface area contributed by atoms with Crippen LogP contribution in [0.5, 0.6) is 0 Å². The molecule has 0 aliphatic rings. The van der Waals surface area contributed by atoms with Gasteiger partial charge in [0.1, 0.15) is 11.5 Å². The standard InChI is InChI=1S/C16H12ClFN4O2/c1-2-24-16(23)14-15(21-20-12-6-3-10(17)4-7-12)22-9-11(18)5-8-13(22)19-14/h3-9H,2H2,1H3. The van der Waals surface area contributed by atoms with Crippen LogP contribution in [0, 0.1) is 5.82 Å². The van der Waals surface area contributed by atoms with Crippen molar-refractivity contribution in [1.82, 2.24) is 9.38 Å². The average molecular weight is 347 g/mol. The molecule has 0 bridgehead atoms. The van der Waals surface area contributed by atoms with Crippen LogP contribution < -0.4 is 0 Å². The van der Waals surface area contributed by atoms with Gasteiger partial charge in [-0.1, -0.05) is 11.6 Å². The summed E-state index contributed by atoms with van der Waals surface area (Å²) in [5, 5.41) is 8.67. The topological polar surface area (TPSA) is 68.3 Å². The zero-order valence-corrected chi connectivity index (χ0v) is 13.4. The number of esters is 1. The van der Waals surface area contributed by atoms with Gasteiger partial charge in [0.25, 0.3) is 0 Å². The average Bonchev–Trinajstić information content (AvgIpc) is 2.92. The summed E-state index contributed by atoms with van der Waals surface area (Å²) in [4.78, 5) is 16.2. The fourth-order valence-electron chi connectivity index (χ4n) is 2.05. The summed E-state index contributed by atoms with van der Waals surface area (Å²) >= 11 is 5.82. The molecule has 0 aliphatic carbocycles. The number of benzene rings is 1. The molecule has 0 saturated heterocycles. The van der Waals surface area contributed by atoms with Crippen LogP contribution in [0.2, 0.25) is 5.02 Å². The molecule has 2 heterocycles. The summed E-state index contributed by atoms with van der Waals surface area (Å²) < 4.78 is 19.8. The second-order valence-electron chi connectivity index (χ2n) is 4.76. The molecule has 24 heavy (non-hydrogen) atoms. The van der Waals surface area contributed by atoms with Crippen LogP contribution >= 0.6 is 11.6 Å². The Labute approximate surface area is 141 Å². The third kappa shape index (κ3) is 3.26. The number of carbonyl (C=O) groups excluding carboxylic acids is 1. The van der Waals surface area contributed by atoms with Crippen LogP contribution in [0.4, 0.5) is 15.9 Å². The van der Waals surface area contributed by atoms with Gasteiger partial charge in [-0.05, 0) is 43.3 Å². The molecule has 1 aromatic carbocycles. The number of fused-ring (bicyclic) bond motifs is 1. The number of pyridine rings is 1. The van der Waals surface area contributed by atoms with E-state index in [4.69, 9.17) is 16.3 Å². The van der Waals surface area contributed by atoms with Gasteiger partial charge >= 0.3 is 5.97 Å². The molecule has 0 radical (unpaired) electrons. The summed E-state index contributed by atoms with van der Waals surface area (Å²) in [5.41, 5.74) is 0.866. The first-order chi connectivity index (χ1) is 11.6. The largest absolute Gasteiger partial charge is 0.461 e. The Kier molecular flexibility index (Phi) is 4.52. The van der Waals surface area contributed by atoms with Crippen molar-refractivity contribution >= 4 is 34.7 Å². The fourth-order valence-corrected chi connectivity index (χ4v) is 2.18. The molecular weight excluding hydrogens is 335 g/mol. The highest BCUT2D eigenvalue weighted by atomic mass is 35.5. The van der Waals surface area contributed by atoms with Crippen molar-refractivity contribution < 1.29 is 13.9 Å². The number of aromatic nitrogens is 2. The third-order valence-corrected chi connectivity index (χ3v) is 3.36. The highest BCUT2D eigenvalue weighted by Gasteiger charge is 2.20. The van der Waals surface area contributed by atoms with E-state index in [1.165, 1.54) is 22.7 Å². The van der Waals surface area contributed by atoms with Gasteiger partial charge in [0, 0.05) is 11.2 Å². The monoisotopic (exact) mass is 346 g/mol. The summed E-state index contributed by atoms with van der Waals surface area (Å²) in [6.45, 7) is 1.87. The molecule has 8 heteroatoms. The molecule has 122 valence electrons. The van der Waals surface area contributed by atoms with Crippen LogP contribution in [0.15, 0.2) is 52.8 Å². The summed E-state index contributed by atoms with van der Waals surface area (Å²) in [5.74, 6) is -1.04. The molecular formula is C16H12ClFN4O2. The van der Waals surface area contributed by atoms with Crippen molar-refractivity contribution in [1.29, 1.82) is 0 Å². The molecule has 3 aromatic rings. The minimum absolute atomic E-state index is 0.0276. The Morgan fingerprint density at radius 3 is 2.71 bits per heavy atom. The number of azo groups is 1. The second kappa shape index (κ2) is 6.76. The summed E-state index contributed by atoms with van der Waals surface area (Å²) in [7, 11) is 0. The van der Waals surface area contributed by atoms with E-state index >= 15 is 0 Å². The maximum atomic E-state index is 13.5. The van der Waals surface area contributed by atoms with E-state index in [-0.39, 0.29) is 18.1 Å². The van der Waals surface area contributed by atoms with E-state index in [0.717, 1.165) is 0 Å². The Bertz CT molecular complexity index is 922. The van der Waals surface area contributed by atoms with E-state index in [1.54, 1.807) is 31.2 Å². The van der Waals surface area contributed by atoms with Crippen molar-refractivity contribution in [2.45, 2.75) is 6.92 Å². The molecule has 3 rings (SSSR count). The van der Waals surface area contributed by atoms with Gasteiger partial charge in [0.05, 0.1) is 12.3 Å². The van der Waals surface area contributed by atoms with Gasteiger partial charge in [0.15, 0.2) is 11.5 Å². The van der Waals surface area contributed by atoms with Gasteiger partial charge < -0.3 is 4.74 Å². The van der Waals surface area contributed by atoms with Crippen molar-refractivity contribution in [3.05, 3.63) is 59.1 Å². The number of carbonyl (C=O) groups is 1. The maximum absolute atomic E-state index is 13.5. The first-order valence-electron chi connectivity index (χ1n) is 7.10. The Morgan fingerprint density at radius 1 is 1.25 bits per heavy atom. The molecule has 0 N–H and O–H groups in total. The Balaban J connectivity index is 2.09. The number of imidazole rings is 1. The van der Waals surface area contributed by atoms with E-state index in [9.17, 15) is 9.18 Å². The fraction of sp³-hybridized carbons (Fsp3) is 0.125. The molecule has 0 saturated carbocycles. The Morgan fingerprint density at radius 2 is 2.00 bits per heavy atom. The zero-order chi connectivity index (χ0) is 17.1. The molecule has 0 spiro atoms. The lowest BCUT2D eigenvalue weighted by molar-refractivity contribution is 0.0521.